The Morgan fingerprint density at radius 3 is 3.06 bits per heavy atom. The summed E-state index contributed by atoms with van der Waals surface area (Å²) < 4.78 is 10.8. The Hall–Kier alpha value is -1.55. The lowest BCUT2D eigenvalue weighted by molar-refractivity contribution is 0.415. The van der Waals surface area contributed by atoms with Crippen molar-refractivity contribution in [3.63, 3.8) is 0 Å². The van der Waals surface area contributed by atoms with Crippen molar-refractivity contribution >= 4 is 11.1 Å². The molecule has 0 spiro atoms. The minimum absolute atomic E-state index is 0.790. The zero-order chi connectivity index (χ0) is 11.4. The highest BCUT2D eigenvalue weighted by Gasteiger charge is 2.06. The average Bonchev–Trinajstić information content (AvgIpc) is 2.70. The lowest BCUT2D eigenvalue weighted by atomic mass is 10.3. The molecule has 0 saturated heterocycles. The molecule has 0 amide bonds. The molecule has 1 aromatic heterocycles. The molecule has 0 aliphatic heterocycles. The Morgan fingerprint density at radius 2 is 2.31 bits per heavy atom. The first kappa shape index (κ1) is 11.0. The molecule has 0 aliphatic rings. The van der Waals surface area contributed by atoms with Gasteiger partial charge in [0.15, 0.2) is 11.5 Å². The molecule has 0 aliphatic carbocycles. The van der Waals surface area contributed by atoms with Crippen LogP contribution in [0.25, 0.3) is 11.1 Å². The topological polar surface area (TPSA) is 47.3 Å². The van der Waals surface area contributed by atoms with E-state index in [1.54, 1.807) is 7.11 Å². The number of benzene rings is 1. The van der Waals surface area contributed by atoms with Gasteiger partial charge in [-0.15, -0.1) is 0 Å². The molecule has 0 fully saturated rings. The van der Waals surface area contributed by atoms with E-state index in [1.165, 1.54) is 0 Å². The van der Waals surface area contributed by atoms with E-state index in [2.05, 4.69) is 10.3 Å². The number of fused-ring (bicyclic) bond motifs is 1. The largest absolute Gasteiger partial charge is 0.497 e. The van der Waals surface area contributed by atoms with Gasteiger partial charge in [0.1, 0.15) is 11.3 Å². The van der Waals surface area contributed by atoms with E-state index >= 15 is 0 Å². The van der Waals surface area contributed by atoms with Crippen molar-refractivity contribution < 1.29 is 9.15 Å². The maximum atomic E-state index is 5.62. The van der Waals surface area contributed by atoms with Crippen LogP contribution in [0.5, 0.6) is 5.75 Å². The summed E-state index contributed by atoms with van der Waals surface area (Å²) in [5.74, 6) is 1.60. The zero-order valence-corrected chi connectivity index (χ0v) is 9.62. The minimum Gasteiger partial charge on any atom is -0.497 e. The Morgan fingerprint density at radius 1 is 1.44 bits per heavy atom. The molecule has 4 heteroatoms. The molecule has 1 N–H and O–H groups in total. The van der Waals surface area contributed by atoms with Crippen molar-refractivity contribution in [3.05, 3.63) is 24.1 Å². The predicted octanol–water partition coefficient (Wildman–Crippen LogP) is 1.99. The Labute approximate surface area is 94.6 Å². The second-order valence-electron chi connectivity index (χ2n) is 3.65. The zero-order valence-electron chi connectivity index (χ0n) is 9.62. The summed E-state index contributed by atoms with van der Waals surface area (Å²) in [5.41, 5.74) is 1.68. The smallest absolute Gasteiger partial charge is 0.195 e. The molecule has 2 rings (SSSR count). The van der Waals surface area contributed by atoms with Crippen molar-refractivity contribution in [3.8, 4) is 5.75 Å². The van der Waals surface area contributed by atoms with Crippen molar-refractivity contribution in [2.24, 2.45) is 0 Å². The van der Waals surface area contributed by atoms with Gasteiger partial charge < -0.3 is 14.5 Å². The van der Waals surface area contributed by atoms with Crippen molar-refractivity contribution in [1.29, 1.82) is 0 Å². The monoisotopic (exact) mass is 220 g/mol. The molecule has 0 saturated carbocycles. The number of methoxy groups -OCH3 is 1. The Bertz CT molecular complexity index is 465. The molecule has 86 valence electrons. The van der Waals surface area contributed by atoms with Crippen molar-refractivity contribution in [2.75, 3.05) is 20.7 Å². The van der Waals surface area contributed by atoms with Crippen LogP contribution < -0.4 is 10.1 Å². The molecule has 0 unspecified atom stereocenters. The van der Waals surface area contributed by atoms with E-state index in [4.69, 9.17) is 9.15 Å². The van der Waals surface area contributed by atoms with E-state index in [0.717, 1.165) is 42.1 Å². The SMILES string of the molecule is CNCCCc1nc2cc(OC)ccc2o1. The van der Waals surface area contributed by atoms with Gasteiger partial charge in [-0.2, -0.15) is 0 Å². The third-order valence-electron chi connectivity index (χ3n) is 2.46. The van der Waals surface area contributed by atoms with Gasteiger partial charge >= 0.3 is 0 Å². The van der Waals surface area contributed by atoms with Gasteiger partial charge in [0.05, 0.1) is 7.11 Å². The average molecular weight is 220 g/mol. The van der Waals surface area contributed by atoms with Gasteiger partial charge in [-0.3, -0.25) is 0 Å². The molecule has 16 heavy (non-hydrogen) atoms. The third kappa shape index (κ3) is 2.33. The van der Waals surface area contributed by atoms with Crippen LogP contribution in [-0.4, -0.2) is 25.7 Å². The van der Waals surface area contributed by atoms with E-state index in [-0.39, 0.29) is 0 Å². The maximum Gasteiger partial charge on any atom is 0.195 e. The number of oxazole rings is 1. The first-order valence-corrected chi connectivity index (χ1v) is 5.41. The standard InChI is InChI=1S/C12H16N2O2/c1-13-7-3-4-12-14-10-8-9(15-2)5-6-11(10)16-12/h5-6,8,13H,3-4,7H2,1-2H3. The number of aryl methyl sites for hydroxylation is 1. The van der Waals surface area contributed by atoms with Crippen LogP contribution in [0.3, 0.4) is 0 Å². The molecular weight excluding hydrogens is 204 g/mol. The molecule has 4 nitrogen and oxygen atoms in total. The van der Waals surface area contributed by atoms with E-state index in [1.807, 2.05) is 25.2 Å². The molecule has 2 aromatic rings. The normalized spacial score (nSPS) is 10.9. The summed E-state index contributed by atoms with van der Waals surface area (Å²) in [6, 6.07) is 5.66. The van der Waals surface area contributed by atoms with E-state index in [9.17, 15) is 0 Å². The lowest BCUT2D eigenvalue weighted by Crippen LogP contribution is -2.08. The van der Waals surface area contributed by atoms with Crippen LogP contribution in [-0.2, 0) is 6.42 Å². The van der Waals surface area contributed by atoms with Crippen LogP contribution in [0.1, 0.15) is 12.3 Å². The van der Waals surface area contributed by atoms with Gasteiger partial charge in [0, 0.05) is 12.5 Å². The fourth-order valence-electron chi connectivity index (χ4n) is 1.61. The highest BCUT2D eigenvalue weighted by Crippen LogP contribution is 2.21. The quantitative estimate of drug-likeness (QED) is 0.783. The second kappa shape index (κ2) is 4.99. The number of nitrogens with zero attached hydrogens (tertiary/aromatic N) is 1. The number of hydrogen-bond acceptors (Lipinski definition) is 4. The fourth-order valence-corrected chi connectivity index (χ4v) is 1.61. The molecule has 1 heterocycles. The van der Waals surface area contributed by atoms with Crippen LogP contribution in [0, 0.1) is 0 Å². The van der Waals surface area contributed by atoms with E-state index in [0.29, 0.717) is 0 Å². The highest BCUT2D eigenvalue weighted by atomic mass is 16.5. The van der Waals surface area contributed by atoms with Crippen LogP contribution in [0.2, 0.25) is 0 Å². The molecule has 0 atom stereocenters. The van der Waals surface area contributed by atoms with Gasteiger partial charge in [0.2, 0.25) is 0 Å². The predicted molar refractivity (Wildman–Crippen MR) is 62.8 cm³/mol. The molecule has 0 bridgehead atoms. The van der Waals surface area contributed by atoms with Gasteiger partial charge in [0.25, 0.3) is 0 Å². The number of rotatable bonds is 5. The minimum atomic E-state index is 0.790. The van der Waals surface area contributed by atoms with Crippen LogP contribution in [0.4, 0.5) is 0 Å². The van der Waals surface area contributed by atoms with Crippen molar-refractivity contribution in [2.45, 2.75) is 12.8 Å². The lowest BCUT2D eigenvalue weighted by Gasteiger charge is -1.95. The van der Waals surface area contributed by atoms with Gasteiger partial charge in [-0.25, -0.2) is 4.98 Å². The number of hydrogen-bond donors (Lipinski definition) is 1. The summed E-state index contributed by atoms with van der Waals surface area (Å²) in [6.45, 7) is 0.974. The first-order chi connectivity index (χ1) is 7.83. The van der Waals surface area contributed by atoms with Gasteiger partial charge in [-0.1, -0.05) is 0 Å². The fraction of sp³-hybridized carbons (Fsp3) is 0.417. The third-order valence-corrected chi connectivity index (χ3v) is 2.46. The second-order valence-corrected chi connectivity index (χ2v) is 3.65. The number of ether oxygens (including phenoxy) is 1. The summed E-state index contributed by atoms with van der Waals surface area (Å²) in [6.07, 6.45) is 1.89. The first-order valence-electron chi connectivity index (χ1n) is 5.41. The molecule has 0 radical (unpaired) electrons. The summed E-state index contributed by atoms with van der Waals surface area (Å²) >= 11 is 0. The highest BCUT2D eigenvalue weighted by molar-refractivity contribution is 5.74. The van der Waals surface area contributed by atoms with Gasteiger partial charge in [-0.05, 0) is 32.1 Å². The Balaban J connectivity index is 2.16. The summed E-state index contributed by atoms with van der Waals surface area (Å²) in [4.78, 5) is 4.42. The van der Waals surface area contributed by atoms with Crippen LogP contribution >= 0.6 is 0 Å². The molecular formula is C12H16N2O2. The number of nitrogens with one attached hydrogen (secondary N) is 1. The maximum absolute atomic E-state index is 5.62. The Kier molecular flexibility index (Phi) is 3.41. The van der Waals surface area contributed by atoms with Crippen molar-refractivity contribution in [1.82, 2.24) is 10.3 Å². The summed E-state index contributed by atoms with van der Waals surface area (Å²) in [7, 11) is 3.59. The number of aromatic nitrogens is 1. The summed E-state index contributed by atoms with van der Waals surface area (Å²) in [5, 5.41) is 3.10. The van der Waals surface area contributed by atoms with E-state index < -0.39 is 0 Å². The molecule has 1 aromatic carbocycles. The van der Waals surface area contributed by atoms with Crippen LogP contribution in [0.15, 0.2) is 22.6 Å².